The van der Waals surface area contributed by atoms with E-state index in [0.29, 0.717) is 35.2 Å². The minimum absolute atomic E-state index is 0.00214. The molecule has 0 bridgehead atoms. The number of aromatic hydroxyl groups is 1. The van der Waals surface area contributed by atoms with Crippen molar-refractivity contribution in [2.24, 2.45) is 5.41 Å². The molecule has 0 spiro atoms. The molecule has 154 valence electrons. The number of carbonyl (C=O) groups is 2. The summed E-state index contributed by atoms with van der Waals surface area (Å²) in [5.41, 5.74) is 2.97. The number of carbonyl (C=O) groups excluding carboxylic acids is 2. The molecule has 1 heterocycles. The second-order valence-electron chi connectivity index (χ2n) is 8.25. The van der Waals surface area contributed by atoms with Crippen molar-refractivity contribution in [3.05, 3.63) is 59.0 Å². The molecule has 1 aromatic carbocycles. The van der Waals surface area contributed by atoms with Crippen LogP contribution >= 0.6 is 0 Å². The lowest BCUT2D eigenvalue weighted by Gasteiger charge is -2.39. The van der Waals surface area contributed by atoms with Gasteiger partial charge >= 0.3 is 5.97 Å². The van der Waals surface area contributed by atoms with Crippen LogP contribution in [0.4, 0.5) is 0 Å². The Morgan fingerprint density at radius 3 is 2.76 bits per heavy atom. The van der Waals surface area contributed by atoms with Gasteiger partial charge < -0.3 is 19.9 Å². The largest absolute Gasteiger partial charge is 0.504 e. The zero-order valence-electron chi connectivity index (χ0n) is 17.3. The summed E-state index contributed by atoms with van der Waals surface area (Å²) in [6, 6.07) is 4.88. The number of allylic oxidation sites excluding steroid dienone is 3. The number of phenols is 1. The molecule has 1 aliphatic carbocycles. The Hall–Kier alpha value is -3.02. The predicted octanol–water partition coefficient (Wildman–Crippen LogP) is 3.73. The molecule has 0 saturated heterocycles. The fourth-order valence-electron chi connectivity index (χ4n) is 4.13. The summed E-state index contributed by atoms with van der Waals surface area (Å²) >= 11 is 0. The number of hydrogen-bond donors (Lipinski definition) is 2. The number of esters is 1. The van der Waals surface area contributed by atoms with Gasteiger partial charge in [-0.25, -0.2) is 4.79 Å². The smallest absolute Gasteiger partial charge is 0.337 e. The van der Waals surface area contributed by atoms with Crippen molar-refractivity contribution < 1.29 is 24.2 Å². The zero-order valence-corrected chi connectivity index (χ0v) is 17.3. The lowest BCUT2D eigenvalue weighted by Crippen LogP contribution is -2.38. The molecule has 0 radical (unpaired) electrons. The maximum absolute atomic E-state index is 13.2. The van der Waals surface area contributed by atoms with Crippen molar-refractivity contribution in [1.29, 1.82) is 0 Å². The van der Waals surface area contributed by atoms with E-state index in [1.165, 1.54) is 19.3 Å². The highest BCUT2D eigenvalue weighted by Gasteiger charge is 2.43. The van der Waals surface area contributed by atoms with Crippen LogP contribution in [0.25, 0.3) is 0 Å². The van der Waals surface area contributed by atoms with E-state index in [1.807, 2.05) is 6.92 Å². The molecule has 1 atom stereocenters. The average Bonchev–Trinajstić information content (AvgIpc) is 2.64. The van der Waals surface area contributed by atoms with Crippen LogP contribution in [-0.2, 0) is 14.3 Å². The van der Waals surface area contributed by atoms with Crippen LogP contribution < -0.4 is 10.1 Å². The van der Waals surface area contributed by atoms with Crippen LogP contribution in [0, 0.1) is 5.41 Å². The molecule has 0 fully saturated rings. The third-order valence-electron chi connectivity index (χ3n) is 5.33. The van der Waals surface area contributed by atoms with Crippen molar-refractivity contribution in [1.82, 2.24) is 5.32 Å². The number of phenolic OH excluding ortho intramolecular Hbond substituents is 1. The second kappa shape index (κ2) is 7.78. The Labute approximate surface area is 170 Å². The minimum atomic E-state index is -0.596. The summed E-state index contributed by atoms with van der Waals surface area (Å²) in [4.78, 5) is 26.1. The molecule has 2 aliphatic rings. The maximum Gasteiger partial charge on any atom is 0.337 e. The van der Waals surface area contributed by atoms with E-state index in [9.17, 15) is 14.7 Å². The van der Waals surface area contributed by atoms with Crippen molar-refractivity contribution in [2.75, 3.05) is 13.7 Å². The van der Waals surface area contributed by atoms with Crippen LogP contribution in [0.1, 0.15) is 45.1 Å². The summed E-state index contributed by atoms with van der Waals surface area (Å²) < 4.78 is 10.6. The SMILES string of the molecule is C=CCOC(=O)C1=C(C)NC2=C(C(=O)CC(C)(C)C2)[C@H]1c1ccc(O)c(OC)c1. The second-order valence-corrected chi connectivity index (χ2v) is 8.25. The van der Waals surface area contributed by atoms with Gasteiger partial charge in [-0.15, -0.1) is 0 Å². The van der Waals surface area contributed by atoms with Crippen LogP contribution in [-0.4, -0.2) is 30.6 Å². The molecule has 6 nitrogen and oxygen atoms in total. The van der Waals surface area contributed by atoms with Gasteiger partial charge in [0.2, 0.25) is 0 Å². The lowest BCUT2D eigenvalue weighted by molar-refractivity contribution is -0.138. The number of ketones is 1. The first-order valence-electron chi connectivity index (χ1n) is 9.57. The molecule has 0 saturated carbocycles. The van der Waals surface area contributed by atoms with Gasteiger partial charge in [-0.2, -0.15) is 0 Å². The van der Waals surface area contributed by atoms with Crippen LogP contribution in [0.15, 0.2) is 53.4 Å². The van der Waals surface area contributed by atoms with Gasteiger partial charge in [-0.05, 0) is 36.5 Å². The van der Waals surface area contributed by atoms with Crippen LogP contribution in [0.3, 0.4) is 0 Å². The van der Waals surface area contributed by atoms with Crippen molar-refractivity contribution in [3.8, 4) is 11.5 Å². The van der Waals surface area contributed by atoms with Crippen LogP contribution in [0.5, 0.6) is 11.5 Å². The quantitative estimate of drug-likeness (QED) is 0.582. The van der Waals surface area contributed by atoms with Crippen molar-refractivity contribution in [3.63, 3.8) is 0 Å². The van der Waals surface area contributed by atoms with Crippen molar-refractivity contribution >= 4 is 11.8 Å². The Morgan fingerprint density at radius 1 is 1.38 bits per heavy atom. The summed E-state index contributed by atoms with van der Waals surface area (Å²) in [5.74, 6) is -0.824. The molecule has 29 heavy (non-hydrogen) atoms. The zero-order chi connectivity index (χ0) is 21.3. The highest BCUT2D eigenvalue weighted by molar-refractivity contribution is 6.04. The van der Waals surface area contributed by atoms with E-state index in [1.54, 1.807) is 12.1 Å². The number of rotatable bonds is 5. The Bertz CT molecular complexity index is 939. The Balaban J connectivity index is 2.18. The first kappa shape index (κ1) is 20.7. The number of hydrogen-bond acceptors (Lipinski definition) is 6. The number of dihydropyridines is 1. The number of methoxy groups -OCH3 is 1. The molecule has 0 amide bonds. The molecule has 0 unspecified atom stereocenters. The lowest BCUT2D eigenvalue weighted by atomic mass is 9.68. The van der Waals surface area contributed by atoms with Crippen molar-refractivity contribution in [2.45, 2.75) is 39.5 Å². The maximum atomic E-state index is 13.2. The summed E-state index contributed by atoms with van der Waals surface area (Å²) in [5, 5.41) is 13.3. The molecular weight excluding hydrogens is 370 g/mol. The van der Waals surface area contributed by atoms with E-state index >= 15 is 0 Å². The highest BCUT2D eigenvalue weighted by atomic mass is 16.5. The first-order valence-corrected chi connectivity index (χ1v) is 9.57. The molecular formula is C23H27NO5. The fourth-order valence-corrected chi connectivity index (χ4v) is 4.13. The summed E-state index contributed by atoms with van der Waals surface area (Å²) in [6.07, 6.45) is 2.60. The third-order valence-corrected chi connectivity index (χ3v) is 5.33. The number of Topliss-reactive ketones (excluding diaryl/α,β-unsaturated/α-hetero) is 1. The molecule has 1 aromatic rings. The summed E-state index contributed by atoms with van der Waals surface area (Å²) in [6.45, 7) is 9.59. The Kier molecular flexibility index (Phi) is 5.55. The summed E-state index contributed by atoms with van der Waals surface area (Å²) in [7, 11) is 1.46. The van der Waals surface area contributed by atoms with E-state index in [4.69, 9.17) is 9.47 Å². The number of nitrogens with one attached hydrogen (secondary N) is 1. The highest BCUT2D eigenvalue weighted by Crippen LogP contribution is 2.47. The monoisotopic (exact) mass is 397 g/mol. The van der Waals surface area contributed by atoms with E-state index in [-0.39, 0.29) is 29.3 Å². The fraction of sp³-hybridized carbons (Fsp3) is 0.391. The van der Waals surface area contributed by atoms with E-state index < -0.39 is 11.9 Å². The van der Waals surface area contributed by atoms with Gasteiger partial charge in [0.1, 0.15) is 6.61 Å². The Morgan fingerprint density at radius 2 is 2.10 bits per heavy atom. The van der Waals surface area contributed by atoms with E-state index in [0.717, 1.165) is 5.70 Å². The molecule has 3 rings (SSSR count). The van der Waals surface area contributed by atoms with Gasteiger partial charge in [0, 0.05) is 29.3 Å². The normalized spacial score (nSPS) is 20.7. The van der Waals surface area contributed by atoms with Gasteiger partial charge in [-0.1, -0.05) is 32.6 Å². The number of benzene rings is 1. The van der Waals surface area contributed by atoms with Gasteiger partial charge in [0.05, 0.1) is 12.7 Å². The average molecular weight is 397 g/mol. The van der Waals surface area contributed by atoms with Gasteiger partial charge in [-0.3, -0.25) is 4.79 Å². The topological polar surface area (TPSA) is 84.9 Å². The molecule has 1 aliphatic heterocycles. The standard InChI is InChI=1S/C23H27NO5/c1-6-9-29-22(27)19-13(2)24-15-11-23(3,4)12-17(26)21(15)20(19)14-7-8-16(25)18(10-14)28-5/h6-8,10,20,24-25H,1,9,11-12H2,2-5H3/t20-/m0/s1. The molecule has 2 N–H and O–H groups in total. The molecule has 0 aromatic heterocycles. The molecule has 6 heteroatoms. The van der Waals surface area contributed by atoms with Gasteiger partial charge in [0.25, 0.3) is 0 Å². The first-order chi connectivity index (χ1) is 13.7. The predicted molar refractivity (Wildman–Crippen MR) is 109 cm³/mol. The van der Waals surface area contributed by atoms with Gasteiger partial charge in [0.15, 0.2) is 17.3 Å². The third kappa shape index (κ3) is 3.92. The number of ether oxygens (including phenoxy) is 2. The van der Waals surface area contributed by atoms with E-state index in [2.05, 4.69) is 25.7 Å². The minimum Gasteiger partial charge on any atom is -0.504 e. The van der Waals surface area contributed by atoms with Crippen LogP contribution in [0.2, 0.25) is 0 Å².